The zero-order valence-corrected chi connectivity index (χ0v) is 23.6. The van der Waals surface area contributed by atoms with Crippen LogP contribution in [0.15, 0.2) is 0 Å². The minimum absolute atomic E-state index is 0.377. The van der Waals surface area contributed by atoms with Crippen molar-refractivity contribution in [2.45, 2.75) is 132 Å². The molecule has 4 aliphatic rings. The average Bonchev–Trinajstić information content (AvgIpc) is 3.16. The van der Waals surface area contributed by atoms with Gasteiger partial charge in [-0.1, -0.05) is 54.9 Å². The number of fused-ring (bicyclic) bond motifs is 5. The fourth-order valence-electron chi connectivity index (χ4n) is 9.93. The Balaban J connectivity index is 1.32. The fraction of sp³-hybridized carbons (Fsp3) is 1.00. The van der Waals surface area contributed by atoms with Crippen molar-refractivity contribution in [3.63, 3.8) is 0 Å². The van der Waals surface area contributed by atoms with Gasteiger partial charge in [-0.25, -0.2) is 0 Å². The Hall–Kier alpha value is -0.0400. The van der Waals surface area contributed by atoms with Gasteiger partial charge in [-0.2, -0.15) is 0 Å². The van der Waals surface area contributed by atoms with Crippen LogP contribution in [0.3, 0.4) is 0 Å². The van der Waals surface area contributed by atoms with Gasteiger partial charge >= 0.3 is 0 Å². The van der Waals surface area contributed by atoms with Crippen LogP contribution in [0.5, 0.6) is 0 Å². The van der Waals surface area contributed by atoms with Gasteiger partial charge in [0.15, 0.2) is 0 Å². The molecule has 0 aromatic carbocycles. The Bertz CT molecular complexity index is 636. The molecular formula is C32H58O. The van der Waals surface area contributed by atoms with Crippen molar-refractivity contribution in [3.8, 4) is 0 Å². The highest BCUT2D eigenvalue weighted by Crippen LogP contribution is 2.68. The predicted octanol–water partition coefficient (Wildman–Crippen LogP) is 9.54. The molecular weight excluding hydrogens is 400 g/mol. The first kappa shape index (κ1) is 26.0. The Labute approximate surface area is 207 Å². The van der Waals surface area contributed by atoms with E-state index in [9.17, 15) is 0 Å². The van der Waals surface area contributed by atoms with Crippen LogP contribution in [0.25, 0.3) is 0 Å². The summed E-state index contributed by atoms with van der Waals surface area (Å²) in [7, 11) is 0. The molecule has 4 fully saturated rings. The summed E-state index contributed by atoms with van der Waals surface area (Å²) in [5.74, 6) is 6.93. The number of hydrogen-bond donors (Lipinski definition) is 0. The molecule has 1 unspecified atom stereocenters. The van der Waals surface area contributed by atoms with E-state index in [1.807, 2.05) is 0 Å². The number of hydrogen-bond acceptors (Lipinski definition) is 1. The molecule has 1 heteroatoms. The van der Waals surface area contributed by atoms with E-state index in [4.69, 9.17) is 4.74 Å². The van der Waals surface area contributed by atoms with Crippen molar-refractivity contribution < 1.29 is 4.74 Å². The molecule has 4 saturated carbocycles. The third-order valence-corrected chi connectivity index (χ3v) is 12.8. The lowest BCUT2D eigenvalue weighted by Crippen LogP contribution is -2.53. The van der Waals surface area contributed by atoms with Crippen LogP contribution < -0.4 is 0 Å². The zero-order valence-electron chi connectivity index (χ0n) is 23.6. The minimum Gasteiger partial charge on any atom is -0.381 e. The van der Waals surface area contributed by atoms with Crippen molar-refractivity contribution in [2.24, 2.45) is 57.7 Å². The fourth-order valence-corrected chi connectivity index (χ4v) is 9.93. The molecule has 0 radical (unpaired) electrons. The van der Waals surface area contributed by atoms with Gasteiger partial charge in [0.05, 0.1) is 6.61 Å². The maximum absolute atomic E-state index is 6.16. The first-order valence-corrected chi connectivity index (χ1v) is 15.2. The molecule has 4 rings (SSSR count). The van der Waals surface area contributed by atoms with Crippen molar-refractivity contribution in [3.05, 3.63) is 0 Å². The van der Waals surface area contributed by atoms with Gasteiger partial charge in [0.25, 0.3) is 0 Å². The van der Waals surface area contributed by atoms with E-state index in [0.717, 1.165) is 54.6 Å². The van der Waals surface area contributed by atoms with Gasteiger partial charge in [-0.3, -0.25) is 0 Å². The van der Waals surface area contributed by atoms with Crippen LogP contribution in [0.2, 0.25) is 0 Å². The standard InChI is InChI=1S/C32H58O/c1-8-30(5,9-2)22-33-20-10-11-24(4)27-14-15-28-26-13-12-25-21-23(3)16-18-31(25,6)29(26)17-19-32(27,28)7/h23-29H,8-22H2,1-7H3/t23?,24-,25-,26+,27-,28+,29+,31+,32-/m1/s1. The summed E-state index contributed by atoms with van der Waals surface area (Å²) >= 11 is 0. The van der Waals surface area contributed by atoms with Crippen LogP contribution in [-0.2, 0) is 4.74 Å². The summed E-state index contributed by atoms with van der Waals surface area (Å²) in [4.78, 5) is 0. The number of rotatable bonds is 9. The molecule has 192 valence electrons. The molecule has 0 saturated heterocycles. The van der Waals surface area contributed by atoms with Gasteiger partial charge in [-0.15, -0.1) is 0 Å². The maximum Gasteiger partial charge on any atom is 0.0519 e. The molecule has 33 heavy (non-hydrogen) atoms. The van der Waals surface area contributed by atoms with Gasteiger partial charge < -0.3 is 4.74 Å². The van der Waals surface area contributed by atoms with E-state index in [1.165, 1.54) is 70.6 Å². The second kappa shape index (κ2) is 10.1. The van der Waals surface area contributed by atoms with E-state index in [-0.39, 0.29) is 0 Å². The Morgan fingerprint density at radius 2 is 1.61 bits per heavy atom. The highest BCUT2D eigenvalue weighted by Gasteiger charge is 2.60. The lowest BCUT2D eigenvalue weighted by Gasteiger charge is -2.61. The van der Waals surface area contributed by atoms with E-state index >= 15 is 0 Å². The van der Waals surface area contributed by atoms with Crippen LogP contribution in [0.1, 0.15) is 132 Å². The largest absolute Gasteiger partial charge is 0.381 e. The van der Waals surface area contributed by atoms with E-state index < -0.39 is 0 Å². The van der Waals surface area contributed by atoms with Crippen molar-refractivity contribution in [1.82, 2.24) is 0 Å². The van der Waals surface area contributed by atoms with Crippen LogP contribution in [-0.4, -0.2) is 13.2 Å². The molecule has 0 spiro atoms. The molecule has 9 atom stereocenters. The Kier molecular flexibility index (Phi) is 8.00. The summed E-state index contributed by atoms with van der Waals surface area (Å²) in [6.07, 6.45) is 18.8. The SMILES string of the molecule is CCC(C)(CC)COCCC[C@@H](C)[C@H]1CC[C@H]2[C@@H]3CC[C@@H]4CC(C)CC[C@]4(C)[C@H]3CC[C@]12C. The van der Waals surface area contributed by atoms with E-state index in [0.29, 0.717) is 16.2 Å². The topological polar surface area (TPSA) is 9.23 Å². The second-order valence-corrected chi connectivity index (χ2v) is 14.5. The third-order valence-electron chi connectivity index (χ3n) is 12.8. The molecule has 0 N–H and O–H groups in total. The van der Waals surface area contributed by atoms with Crippen molar-refractivity contribution in [1.29, 1.82) is 0 Å². The third kappa shape index (κ3) is 4.84. The highest BCUT2D eigenvalue weighted by atomic mass is 16.5. The lowest BCUT2D eigenvalue weighted by molar-refractivity contribution is -0.120. The van der Waals surface area contributed by atoms with Crippen LogP contribution >= 0.6 is 0 Å². The van der Waals surface area contributed by atoms with Gasteiger partial charge in [0, 0.05) is 6.61 Å². The maximum atomic E-state index is 6.16. The first-order valence-electron chi connectivity index (χ1n) is 15.2. The van der Waals surface area contributed by atoms with Crippen LogP contribution in [0.4, 0.5) is 0 Å². The molecule has 0 aromatic rings. The molecule has 4 aliphatic carbocycles. The molecule has 1 nitrogen and oxygen atoms in total. The molecule has 0 aliphatic heterocycles. The van der Waals surface area contributed by atoms with Crippen molar-refractivity contribution >= 4 is 0 Å². The van der Waals surface area contributed by atoms with Crippen molar-refractivity contribution in [2.75, 3.05) is 13.2 Å². The van der Waals surface area contributed by atoms with Gasteiger partial charge in [-0.05, 0) is 135 Å². The number of ether oxygens (including phenoxy) is 1. The van der Waals surface area contributed by atoms with Crippen LogP contribution in [0, 0.1) is 57.7 Å². The smallest absolute Gasteiger partial charge is 0.0519 e. The highest BCUT2D eigenvalue weighted by molar-refractivity contribution is 5.09. The summed E-state index contributed by atoms with van der Waals surface area (Å²) in [6, 6.07) is 0. The molecule has 0 amide bonds. The minimum atomic E-state index is 0.377. The summed E-state index contributed by atoms with van der Waals surface area (Å²) < 4.78 is 6.16. The monoisotopic (exact) mass is 458 g/mol. The van der Waals surface area contributed by atoms with Gasteiger partial charge in [0.1, 0.15) is 0 Å². The predicted molar refractivity (Wildman–Crippen MR) is 142 cm³/mol. The lowest BCUT2D eigenvalue weighted by atomic mass is 9.44. The Morgan fingerprint density at radius 1 is 0.909 bits per heavy atom. The molecule has 0 bridgehead atoms. The van der Waals surface area contributed by atoms with E-state index in [1.54, 1.807) is 12.8 Å². The summed E-state index contributed by atoms with van der Waals surface area (Å²) in [6.45, 7) is 19.5. The van der Waals surface area contributed by atoms with Gasteiger partial charge in [0.2, 0.25) is 0 Å². The summed E-state index contributed by atoms with van der Waals surface area (Å²) in [5, 5.41) is 0. The second-order valence-electron chi connectivity index (χ2n) is 14.5. The average molecular weight is 459 g/mol. The zero-order chi connectivity index (χ0) is 23.9. The first-order chi connectivity index (χ1) is 15.7. The van der Waals surface area contributed by atoms with E-state index in [2.05, 4.69) is 48.5 Å². The summed E-state index contributed by atoms with van der Waals surface area (Å²) in [5.41, 5.74) is 1.67. The Morgan fingerprint density at radius 3 is 2.33 bits per heavy atom. The molecule has 0 aromatic heterocycles. The normalized spacial score (nSPS) is 44.1. The quantitative estimate of drug-likeness (QED) is 0.312. The molecule has 0 heterocycles.